The van der Waals surface area contributed by atoms with Crippen molar-refractivity contribution >= 4 is 27.5 Å². The van der Waals surface area contributed by atoms with Gasteiger partial charge in [0.1, 0.15) is 0 Å². The van der Waals surface area contributed by atoms with Crippen molar-refractivity contribution in [3.63, 3.8) is 0 Å². The summed E-state index contributed by atoms with van der Waals surface area (Å²) in [7, 11) is -3.82. The molecule has 1 rings (SSSR count). The van der Waals surface area contributed by atoms with Crippen LogP contribution in [0.4, 0.5) is 0 Å². The van der Waals surface area contributed by atoms with Gasteiger partial charge in [0.25, 0.3) is 0 Å². The molecule has 1 aromatic rings. The van der Waals surface area contributed by atoms with Crippen molar-refractivity contribution < 1.29 is 13.2 Å². The molecule has 0 aliphatic carbocycles. The first-order valence-electron chi connectivity index (χ1n) is 5.94. The molecule has 0 fully saturated rings. The number of nitrogens with two attached hydrogens (primary N) is 2. The number of halogens is 1. The Balaban J connectivity index is 3.07. The van der Waals surface area contributed by atoms with E-state index in [1.165, 1.54) is 12.1 Å². The molecule has 0 spiro atoms. The number of carbonyl (C=O) groups is 1. The van der Waals surface area contributed by atoms with E-state index in [9.17, 15) is 13.2 Å². The Morgan fingerprint density at radius 1 is 1.35 bits per heavy atom. The van der Waals surface area contributed by atoms with Gasteiger partial charge in [0.2, 0.25) is 15.9 Å². The van der Waals surface area contributed by atoms with Crippen LogP contribution in [0.2, 0.25) is 5.02 Å². The highest BCUT2D eigenvalue weighted by Crippen LogP contribution is 2.20. The van der Waals surface area contributed by atoms with Crippen LogP contribution in [0.5, 0.6) is 0 Å². The molecule has 6 nitrogen and oxygen atoms in total. The molecule has 0 saturated carbocycles. The van der Waals surface area contributed by atoms with Gasteiger partial charge < -0.3 is 5.73 Å². The number of amides is 1. The molecule has 8 heteroatoms. The van der Waals surface area contributed by atoms with Crippen molar-refractivity contribution in [1.82, 2.24) is 4.90 Å². The van der Waals surface area contributed by atoms with Crippen LogP contribution in [0, 0.1) is 0 Å². The summed E-state index contributed by atoms with van der Waals surface area (Å²) in [4.78, 5) is 12.8. The topological polar surface area (TPSA) is 106 Å². The van der Waals surface area contributed by atoms with E-state index in [1.54, 1.807) is 11.0 Å². The summed E-state index contributed by atoms with van der Waals surface area (Å²) in [6, 6.07) is 4.43. The highest BCUT2D eigenvalue weighted by molar-refractivity contribution is 7.89. The van der Waals surface area contributed by atoms with Crippen molar-refractivity contribution in [3.8, 4) is 0 Å². The molecular weight excluding hydrogens is 302 g/mol. The summed E-state index contributed by atoms with van der Waals surface area (Å²) in [5.74, 6) is -0.451. The molecule has 4 N–H and O–H groups in total. The van der Waals surface area contributed by atoms with E-state index in [0.29, 0.717) is 12.1 Å². The maximum absolute atomic E-state index is 11.4. The van der Waals surface area contributed by atoms with E-state index in [1.807, 2.05) is 13.8 Å². The first-order chi connectivity index (χ1) is 9.09. The summed E-state index contributed by atoms with van der Waals surface area (Å²) in [5.41, 5.74) is 5.84. The molecule has 0 aromatic heterocycles. The predicted octanol–water partition coefficient (Wildman–Crippen LogP) is 0.683. The minimum absolute atomic E-state index is 0.0530. The Morgan fingerprint density at radius 2 is 1.95 bits per heavy atom. The molecule has 20 heavy (non-hydrogen) atoms. The van der Waals surface area contributed by atoms with Gasteiger partial charge in [-0.1, -0.05) is 11.6 Å². The van der Waals surface area contributed by atoms with E-state index in [4.69, 9.17) is 22.5 Å². The van der Waals surface area contributed by atoms with Crippen LogP contribution in [0.3, 0.4) is 0 Å². The number of primary sulfonamides is 1. The molecule has 1 amide bonds. The van der Waals surface area contributed by atoms with Gasteiger partial charge >= 0.3 is 0 Å². The van der Waals surface area contributed by atoms with Crippen molar-refractivity contribution in [3.05, 3.63) is 28.8 Å². The smallest absolute Gasteiger partial charge is 0.238 e. The standard InChI is InChI=1S/C12H18ClN3O3S/c1-8(2)16(7-12(14)17)6-9-3-10(13)5-11(4-9)20(15,18)19/h3-5,8H,6-7H2,1-2H3,(H2,14,17)(H2,15,18,19). The maximum Gasteiger partial charge on any atom is 0.238 e. The van der Waals surface area contributed by atoms with E-state index in [0.717, 1.165) is 0 Å². The summed E-state index contributed by atoms with van der Waals surface area (Å²) in [5, 5.41) is 5.36. The highest BCUT2D eigenvalue weighted by Gasteiger charge is 2.15. The van der Waals surface area contributed by atoms with E-state index < -0.39 is 15.9 Å². The quantitative estimate of drug-likeness (QED) is 0.804. The summed E-state index contributed by atoms with van der Waals surface area (Å²) < 4.78 is 22.7. The first kappa shape index (κ1) is 16.9. The zero-order valence-electron chi connectivity index (χ0n) is 11.3. The third kappa shape index (κ3) is 5.09. The number of sulfonamides is 1. The number of carbonyl (C=O) groups excluding carboxylic acids is 1. The maximum atomic E-state index is 11.4. The van der Waals surface area contributed by atoms with E-state index in [2.05, 4.69) is 0 Å². The number of rotatable bonds is 6. The average molecular weight is 320 g/mol. The summed E-state index contributed by atoms with van der Waals surface area (Å²) >= 11 is 5.89. The number of nitrogens with zero attached hydrogens (tertiary/aromatic N) is 1. The Labute approximate surface area is 123 Å². The van der Waals surface area contributed by atoms with Crippen LogP contribution in [0.15, 0.2) is 23.1 Å². The van der Waals surface area contributed by atoms with Crippen LogP contribution < -0.4 is 10.9 Å². The second-order valence-corrected chi connectivity index (χ2v) is 6.80. The second kappa shape index (κ2) is 6.53. The van der Waals surface area contributed by atoms with Crippen molar-refractivity contribution in [2.24, 2.45) is 10.9 Å². The third-order valence-electron chi connectivity index (χ3n) is 2.73. The molecule has 0 aliphatic heterocycles. The molecule has 112 valence electrons. The monoisotopic (exact) mass is 319 g/mol. The lowest BCUT2D eigenvalue weighted by molar-refractivity contribution is -0.119. The minimum Gasteiger partial charge on any atom is -0.369 e. The molecule has 0 atom stereocenters. The largest absolute Gasteiger partial charge is 0.369 e. The fraction of sp³-hybridized carbons (Fsp3) is 0.417. The lowest BCUT2D eigenvalue weighted by atomic mass is 10.2. The van der Waals surface area contributed by atoms with Gasteiger partial charge in [0.15, 0.2) is 0 Å². The van der Waals surface area contributed by atoms with Gasteiger partial charge in [0, 0.05) is 17.6 Å². The minimum atomic E-state index is -3.82. The van der Waals surface area contributed by atoms with Crippen molar-refractivity contribution in [1.29, 1.82) is 0 Å². The lowest BCUT2D eigenvalue weighted by Gasteiger charge is -2.25. The SMILES string of the molecule is CC(C)N(CC(N)=O)Cc1cc(Cl)cc(S(N)(=O)=O)c1. The highest BCUT2D eigenvalue weighted by atomic mass is 35.5. The first-order valence-corrected chi connectivity index (χ1v) is 7.86. The van der Waals surface area contributed by atoms with Gasteiger partial charge in [-0.25, -0.2) is 13.6 Å². The van der Waals surface area contributed by atoms with E-state index >= 15 is 0 Å². The Morgan fingerprint density at radius 3 is 2.40 bits per heavy atom. The number of benzene rings is 1. The second-order valence-electron chi connectivity index (χ2n) is 4.81. The van der Waals surface area contributed by atoms with Crippen LogP contribution >= 0.6 is 11.6 Å². The summed E-state index contributed by atoms with van der Waals surface area (Å²) in [6.45, 7) is 4.25. The molecule has 0 bridgehead atoms. The average Bonchev–Trinajstić information content (AvgIpc) is 2.25. The Bertz CT molecular complexity index is 602. The number of hydrogen-bond acceptors (Lipinski definition) is 4. The van der Waals surface area contributed by atoms with Crippen molar-refractivity contribution in [2.75, 3.05) is 6.54 Å². The Hall–Kier alpha value is -1.15. The fourth-order valence-corrected chi connectivity index (χ4v) is 2.66. The zero-order chi connectivity index (χ0) is 15.5. The normalized spacial score (nSPS) is 12.1. The zero-order valence-corrected chi connectivity index (χ0v) is 12.9. The fourth-order valence-electron chi connectivity index (χ4n) is 1.73. The molecule has 0 radical (unpaired) electrons. The molecule has 0 aliphatic rings. The van der Waals surface area contributed by atoms with Gasteiger partial charge in [-0.05, 0) is 37.6 Å². The van der Waals surface area contributed by atoms with Crippen LogP contribution in [-0.2, 0) is 21.4 Å². The van der Waals surface area contributed by atoms with Gasteiger partial charge in [-0.3, -0.25) is 9.69 Å². The van der Waals surface area contributed by atoms with Crippen molar-refractivity contribution in [2.45, 2.75) is 31.3 Å². The molecular formula is C12H18ClN3O3S. The molecule has 0 unspecified atom stereocenters. The molecule has 0 heterocycles. The number of hydrogen-bond donors (Lipinski definition) is 2. The van der Waals surface area contributed by atoms with Crippen LogP contribution in [0.25, 0.3) is 0 Å². The molecule has 1 aromatic carbocycles. The van der Waals surface area contributed by atoms with Crippen LogP contribution in [-0.4, -0.2) is 31.8 Å². The lowest BCUT2D eigenvalue weighted by Crippen LogP contribution is -2.38. The number of primary amides is 1. The predicted molar refractivity (Wildman–Crippen MR) is 77.6 cm³/mol. The van der Waals surface area contributed by atoms with Gasteiger partial charge in [0.05, 0.1) is 11.4 Å². The third-order valence-corrected chi connectivity index (χ3v) is 3.85. The van der Waals surface area contributed by atoms with Crippen LogP contribution in [0.1, 0.15) is 19.4 Å². The van der Waals surface area contributed by atoms with E-state index in [-0.39, 0.29) is 22.5 Å². The summed E-state index contributed by atoms with van der Waals surface area (Å²) in [6.07, 6.45) is 0. The van der Waals surface area contributed by atoms with Gasteiger partial charge in [-0.15, -0.1) is 0 Å². The van der Waals surface area contributed by atoms with Gasteiger partial charge in [-0.2, -0.15) is 0 Å². The molecule has 0 saturated heterocycles. The Kier molecular flexibility index (Phi) is 5.52.